The summed E-state index contributed by atoms with van der Waals surface area (Å²) in [5.41, 5.74) is 0.957. The highest BCUT2D eigenvalue weighted by molar-refractivity contribution is 7.89. The van der Waals surface area contributed by atoms with E-state index in [2.05, 4.69) is 0 Å². The molecule has 1 saturated heterocycles. The summed E-state index contributed by atoms with van der Waals surface area (Å²) in [6.45, 7) is 2.29. The number of amides is 1. The van der Waals surface area contributed by atoms with Crippen LogP contribution in [0.3, 0.4) is 0 Å². The van der Waals surface area contributed by atoms with E-state index < -0.39 is 15.8 Å². The zero-order valence-corrected chi connectivity index (χ0v) is 16.8. The van der Waals surface area contributed by atoms with Crippen molar-refractivity contribution in [1.29, 1.82) is 0 Å². The van der Waals surface area contributed by atoms with E-state index in [1.54, 1.807) is 12.1 Å². The molecule has 1 aliphatic rings. The number of hydrogen-bond acceptors (Lipinski definition) is 4. The number of aryl methyl sites for hydroxylation is 1. The third kappa shape index (κ3) is 4.45. The fourth-order valence-corrected chi connectivity index (χ4v) is 4.58. The van der Waals surface area contributed by atoms with E-state index in [1.165, 1.54) is 27.4 Å². The van der Waals surface area contributed by atoms with Gasteiger partial charge in [0, 0.05) is 26.2 Å². The highest BCUT2D eigenvalue weighted by Crippen LogP contribution is 2.25. The maximum Gasteiger partial charge on any atom is 0.260 e. The molecule has 0 bridgehead atoms. The number of hydrogen-bond donors (Lipinski definition) is 0. The lowest BCUT2D eigenvalue weighted by molar-refractivity contribution is -0.134. The first kappa shape index (κ1) is 20.6. The summed E-state index contributed by atoms with van der Waals surface area (Å²) in [6, 6.07) is 10.5. The molecule has 2 aromatic rings. The summed E-state index contributed by atoms with van der Waals surface area (Å²) in [4.78, 5) is 13.5. The molecule has 2 aromatic carbocycles. The van der Waals surface area contributed by atoms with E-state index in [-0.39, 0.29) is 43.6 Å². The Morgan fingerprint density at radius 2 is 1.82 bits per heavy atom. The quantitative estimate of drug-likeness (QED) is 0.737. The molecule has 0 radical (unpaired) electrons. The summed E-state index contributed by atoms with van der Waals surface area (Å²) >= 11 is 6.05. The Kier molecular flexibility index (Phi) is 6.22. The zero-order valence-electron chi connectivity index (χ0n) is 15.3. The Balaban J connectivity index is 1.58. The number of carbonyl (C=O) groups excluding carboxylic acids is 1. The van der Waals surface area contributed by atoms with Gasteiger partial charge in [-0.25, -0.2) is 12.8 Å². The van der Waals surface area contributed by atoms with Gasteiger partial charge in [0.2, 0.25) is 10.0 Å². The third-order valence-electron chi connectivity index (χ3n) is 4.48. The van der Waals surface area contributed by atoms with Crippen LogP contribution in [-0.4, -0.2) is 56.3 Å². The molecule has 1 fully saturated rings. The summed E-state index contributed by atoms with van der Waals surface area (Å²) in [6.07, 6.45) is 0. The van der Waals surface area contributed by atoms with Gasteiger partial charge in [-0.05, 0) is 36.8 Å². The molecule has 0 aliphatic carbocycles. The van der Waals surface area contributed by atoms with E-state index in [0.29, 0.717) is 10.8 Å². The first-order chi connectivity index (χ1) is 13.3. The summed E-state index contributed by atoms with van der Waals surface area (Å²) in [5, 5.41) is 0.416. The van der Waals surface area contributed by atoms with Gasteiger partial charge in [-0.3, -0.25) is 4.79 Å². The molecule has 9 heteroatoms. The van der Waals surface area contributed by atoms with Crippen LogP contribution in [0.2, 0.25) is 5.02 Å². The molecule has 1 heterocycles. The molecule has 3 rings (SSSR count). The standard InChI is InChI=1S/C19H20ClFN2O4S/c1-14-6-7-15(20)17(12-14)27-13-19(24)22-8-10-23(11-9-22)28(25,26)18-5-3-2-4-16(18)21/h2-7,12H,8-11,13H2,1H3. The Bertz CT molecular complexity index is 976. The van der Waals surface area contributed by atoms with Crippen LogP contribution >= 0.6 is 11.6 Å². The summed E-state index contributed by atoms with van der Waals surface area (Å²) in [5.74, 6) is -0.624. The fraction of sp³-hybridized carbons (Fsp3) is 0.316. The van der Waals surface area contributed by atoms with E-state index in [1.807, 2.05) is 13.0 Å². The molecule has 150 valence electrons. The Morgan fingerprint density at radius 3 is 2.50 bits per heavy atom. The van der Waals surface area contributed by atoms with E-state index in [4.69, 9.17) is 16.3 Å². The van der Waals surface area contributed by atoms with Crippen molar-refractivity contribution in [1.82, 2.24) is 9.21 Å². The molecule has 28 heavy (non-hydrogen) atoms. The number of piperazine rings is 1. The SMILES string of the molecule is Cc1ccc(Cl)c(OCC(=O)N2CCN(S(=O)(=O)c3ccccc3F)CC2)c1. The fourth-order valence-electron chi connectivity index (χ4n) is 2.92. The largest absolute Gasteiger partial charge is 0.482 e. The van der Waals surface area contributed by atoms with E-state index in [0.717, 1.165) is 11.6 Å². The molecule has 0 unspecified atom stereocenters. The maximum atomic E-state index is 13.9. The second-order valence-electron chi connectivity index (χ2n) is 6.44. The van der Waals surface area contributed by atoms with E-state index >= 15 is 0 Å². The average molecular weight is 427 g/mol. The monoisotopic (exact) mass is 426 g/mol. The molecule has 0 atom stereocenters. The first-order valence-electron chi connectivity index (χ1n) is 8.70. The predicted octanol–water partition coefficient (Wildman–Crippen LogP) is 2.70. The van der Waals surface area contributed by atoms with E-state index in [9.17, 15) is 17.6 Å². The van der Waals surface area contributed by atoms with Crippen LogP contribution in [0.25, 0.3) is 0 Å². The van der Waals surface area contributed by atoms with Crippen LogP contribution in [0.4, 0.5) is 4.39 Å². The molecule has 1 amide bonds. The van der Waals surface area contributed by atoms with Gasteiger partial charge in [0.05, 0.1) is 5.02 Å². The minimum Gasteiger partial charge on any atom is -0.482 e. The summed E-state index contributed by atoms with van der Waals surface area (Å²) < 4.78 is 45.8. The highest BCUT2D eigenvalue weighted by atomic mass is 35.5. The van der Waals surface area contributed by atoms with Crippen LogP contribution in [0, 0.1) is 12.7 Å². The van der Waals surface area contributed by atoms with Crippen molar-refractivity contribution < 1.29 is 22.3 Å². The first-order valence-corrected chi connectivity index (χ1v) is 10.5. The average Bonchev–Trinajstić information content (AvgIpc) is 2.68. The minimum atomic E-state index is -3.94. The Hall–Kier alpha value is -2.16. The molecule has 0 aromatic heterocycles. The van der Waals surface area contributed by atoms with Gasteiger partial charge in [0.25, 0.3) is 5.91 Å². The third-order valence-corrected chi connectivity index (χ3v) is 6.73. The normalized spacial score (nSPS) is 15.5. The van der Waals surface area contributed by atoms with Crippen molar-refractivity contribution in [2.24, 2.45) is 0 Å². The number of ether oxygens (including phenoxy) is 1. The second kappa shape index (κ2) is 8.46. The van der Waals surface area contributed by atoms with Gasteiger partial charge in [-0.1, -0.05) is 29.8 Å². The zero-order chi connectivity index (χ0) is 20.3. The molecular formula is C19H20ClFN2O4S. The molecule has 1 aliphatic heterocycles. The number of benzene rings is 2. The Morgan fingerprint density at radius 1 is 1.14 bits per heavy atom. The van der Waals surface area contributed by atoms with Crippen molar-refractivity contribution in [2.75, 3.05) is 32.8 Å². The molecule has 0 saturated carbocycles. The van der Waals surface area contributed by atoms with Crippen LogP contribution in [0.1, 0.15) is 5.56 Å². The topological polar surface area (TPSA) is 66.9 Å². The van der Waals surface area contributed by atoms with Crippen LogP contribution < -0.4 is 4.74 Å². The van der Waals surface area contributed by atoms with Gasteiger partial charge in [0.1, 0.15) is 16.5 Å². The van der Waals surface area contributed by atoms with Gasteiger partial charge >= 0.3 is 0 Å². The molecule has 6 nitrogen and oxygen atoms in total. The van der Waals surface area contributed by atoms with Crippen LogP contribution in [0.15, 0.2) is 47.4 Å². The van der Waals surface area contributed by atoms with Gasteiger partial charge in [0.15, 0.2) is 6.61 Å². The number of nitrogens with zero attached hydrogens (tertiary/aromatic N) is 2. The summed E-state index contributed by atoms with van der Waals surface area (Å²) in [7, 11) is -3.94. The lowest BCUT2D eigenvalue weighted by atomic mass is 10.2. The minimum absolute atomic E-state index is 0.0909. The van der Waals surface area contributed by atoms with Gasteiger partial charge < -0.3 is 9.64 Å². The van der Waals surface area contributed by atoms with Crippen molar-refractivity contribution in [3.63, 3.8) is 0 Å². The van der Waals surface area contributed by atoms with Crippen LogP contribution in [0.5, 0.6) is 5.75 Å². The van der Waals surface area contributed by atoms with Crippen molar-refractivity contribution in [3.05, 3.63) is 58.9 Å². The smallest absolute Gasteiger partial charge is 0.260 e. The van der Waals surface area contributed by atoms with Crippen LogP contribution in [-0.2, 0) is 14.8 Å². The lowest BCUT2D eigenvalue weighted by Gasteiger charge is -2.34. The van der Waals surface area contributed by atoms with Gasteiger partial charge in [-0.15, -0.1) is 0 Å². The molecule has 0 N–H and O–H groups in total. The van der Waals surface area contributed by atoms with Gasteiger partial charge in [-0.2, -0.15) is 4.31 Å². The Labute approximate surface area is 168 Å². The number of halogens is 2. The number of carbonyl (C=O) groups is 1. The number of rotatable bonds is 5. The molecule has 0 spiro atoms. The number of sulfonamides is 1. The highest BCUT2D eigenvalue weighted by Gasteiger charge is 2.31. The van der Waals surface area contributed by atoms with Crippen molar-refractivity contribution >= 4 is 27.5 Å². The maximum absolute atomic E-state index is 13.9. The van der Waals surface area contributed by atoms with Crippen molar-refractivity contribution in [2.45, 2.75) is 11.8 Å². The second-order valence-corrected chi connectivity index (χ2v) is 8.75. The molecular weight excluding hydrogens is 407 g/mol. The predicted molar refractivity (Wildman–Crippen MR) is 103 cm³/mol. The van der Waals surface area contributed by atoms with Crippen molar-refractivity contribution in [3.8, 4) is 5.75 Å². The lowest BCUT2D eigenvalue weighted by Crippen LogP contribution is -2.51.